The van der Waals surface area contributed by atoms with Crippen LogP contribution in [0.4, 0.5) is 5.69 Å². The first-order valence-corrected chi connectivity index (χ1v) is 9.78. The van der Waals surface area contributed by atoms with Gasteiger partial charge in [-0.2, -0.15) is 0 Å². The van der Waals surface area contributed by atoms with Crippen molar-refractivity contribution in [3.05, 3.63) is 46.4 Å². The van der Waals surface area contributed by atoms with Gasteiger partial charge in [-0.15, -0.1) is 11.3 Å². The normalized spacial score (nSPS) is 15.9. The maximum Gasteiger partial charge on any atom is 0.263 e. The zero-order valence-electron chi connectivity index (χ0n) is 15.3. The minimum atomic E-state index is -0.265. The Hall–Kier alpha value is -2.29. The second kappa shape index (κ2) is 9.07. The number of hydrogen-bond acceptors (Lipinski definition) is 6. The number of aromatic nitrogens is 1. The van der Waals surface area contributed by atoms with Gasteiger partial charge in [0.05, 0.1) is 12.3 Å². The zero-order chi connectivity index (χ0) is 19.1. The molecule has 2 aromatic heterocycles. The van der Waals surface area contributed by atoms with Crippen LogP contribution in [0.15, 0.2) is 36.0 Å². The van der Waals surface area contributed by atoms with Crippen LogP contribution < -0.4 is 16.0 Å². The van der Waals surface area contributed by atoms with Gasteiger partial charge in [-0.05, 0) is 49.5 Å². The molecule has 1 saturated heterocycles. The van der Waals surface area contributed by atoms with E-state index in [1.165, 1.54) is 11.3 Å². The van der Waals surface area contributed by atoms with Crippen LogP contribution in [0.1, 0.15) is 32.9 Å². The van der Waals surface area contributed by atoms with Crippen LogP contribution in [0, 0.1) is 5.41 Å². The van der Waals surface area contributed by atoms with Crippen molar-refractivity contribution in [1.29, 1.82) is 0 Å². The number of piperidine rings is 1. The van der Waals surface area contributed by atoms with Gasteiger partial charge in [-0.3, -0.25) is 14.6 Å². The number of amides is 2. The quantitative estimate of drug-likeness (QED) is 0.676. The summed E-state index contributed by atoms with van der Waals surface area (Å²) in [4.78, 5) is 29.5. The molecule has 3 heterocycles. The van der Waals surface area contributed by atoms with E-state index in [2.05, 4.69) is 20.9 Å². The van der Waals surface area contributed by atoms with Crippen molar-refractivity contribution in [2.75, 3.05) is 38.7 Å². The Balaban J connectivity index is 1.64. The van der Waals surface area contributed by atoms with E-state index in [-0.39, 0.29) is 17.2 Å². The molecule has 1 fully saturated rings. The number of thiophene rings is 1. The summed E-state index contributed by atoms with van der Waals surface area (Å²) < 4.78 is 5.39. The van der Waals surface area contributed by atoms with E-state index < -0.39 is 0 Å². The Kier molecular flexibility index (Phi) is 6.54. The van der Waals surface area contributed by atoms with Crippen LogP contribution >= 0.6 is 11.3 Å². The smallest absolute Gasteiger partial charge is 0.263 e. The first-order chi connectivity index (χ1) is 13.1. The molecule has 1 aliphatic heterocycles. The third kappa shape index (κ3) is 4.91. The molecule has 0 saturated carbocycles. The molecule has 0 aromatic carbocycles. The highest BCUT2D eigenvalue weighted by Gasteiger charge is 2.33. The maximum atomic E-state index is 12.7. The van der Waals surface area contributed by atoms with Crippen molar-refractivity contribution in [2.45, 2.75) is 12.8 Å². The third-order valence-corrected chi connectivity index (χ3v) is 5.71. The molecule has 7 nitrogen and oxygen atoms in total. The summed E-state index contributed by atoms with van der Waals surface area (Å²) in [6, 6.07) is 5.01. The number of nitrogens with one attached hydrogen (secondary N) is 3. The molecule has 2 amide bonds. The second-order valence-electron chi connectivity index (χ2n) is 6.72. The fourth-order valence-corrected chi connectivity index (χ4v) is 4.03. The molecule has 8 heteroatoms. The van der Waals surface area contributed by atoms with E-state index in [4.69, 9.17) is 4.74 Å². The lowest BCUT2D eigenvalue weighted by Gasteiger charge is -2.37. The molecular formula is C19H24N4O3S. The van der Waals surface area contributed by atoms with Crippen molar-refractivity contribution >= 4 is 28.8 Å². The molecule has 0 radical (unpaired) electrons. The van der Waals surface area contributed by atoms with Gasteiger partial charge in [-0.25, -0.2) is 0 Å². The van der Waals surface area contributed by atoms with Gasteiger partial charge >= 0.3 is 0 Å². The molecule has 0 atom stereocenters. The second-order valence-corrected chi connectivity index (χ2v) is 7.64. The number of pyridine rings is 1. The van der Waals surface area contributed by atoms with Gasteiger partial charge in [0, 0.05) is 37.0 Å². The molecule has 0 bridgehead atoms. The lowest BCUT2D eigenvalue weighted by Crippen LogP contribution is -2.47. The number of anilines is 1. The highest BCUT2D eigenvalue weighted by atomic mass is 32.1. The minimum Gasteiger partial charge on any atom is -0.384 e. The van der Waals surface area contributed by atoms with Gasteiger partial charge in [0.15, 0.2) is 0 Å². The van der Waals surface area contributed by atoms with Crippen molar-refractivity contribution < 1.29 is 14.3 Å². The van der Waals surface area contributed by atoms with E-state index in [0.717, 1.165) is 25.9 Å². The van der Waals surface area contributed by atoms with Gasteiger partial charge in [0.2, 0.25) is 0 Å². The molecular weight excluding hydrogens is 364 g/mol. The summed E-state index contributed by atoms with van der Waals surface area (Å²) in [5.41, 5.74) is 0.967. The van der Waals surface area contributed by atoms with Crippen LogP contribution in [0.3, 0.4) is 0 Å². The molecule has 2 aromatic rings. The predicted molar refractivity (Wildman–Crippen MR) is 105 cm³/mol. The topological polar surface area (TPSA) is 92.4 Å². The average Bonchev–Trinajstić information content (AvgIpc) is 3.16. The van der Waals surface area contributed by atoms with Crippen LogP contribution in [0.5, 0.6) is 0 Å². The number of carbonyl (C=O) groups excluding carboxylic acids is 2. The lowest BCUT2D eigenvalue weighted by atomic mass is 9.79. The molecule has 144 valence electrons. The van der Waals surface area contributed by atoms with Crippen molar-refractivity contribution in [3.63, 3.8) is 0 Å². The number of ether oxygens (including phenoxy) is 1. The molecule has 3 N–H and O–H groups in total. The van der Waals surface area contributed by atoms with Gasteiger partial charge in [0.25, 0.3) is 11.8 Å². The Bertz CT molecular complexity index is 767. The number of rotatable bonds is 7. The minimum absolute atomic E-state index is 0.0482. The van der Waals surface area contributed by atoms with Gasteiger partial charge in [-0.1, -0.05) is 0 Å². The largest absolute Gasteiger partial charge is 0.384 e. The van der Waals surface area contributed by atoms with E-state index in [1.54, 1.807) is 43.1 Å². The maximum absolute atomic E-state index is 12.7. The summed E-state index contributed by atoms with van der Waals surface area (Å²) >= 11 is 1.31. The Morgan fingerprint density at radius 2 is 1.96 bits per heavy atom. The van der Waals surface area contributed by atoms with E-state index in [0.29, 0.717) is 29.3 Å². The van der Waals surface area contributed by atoms with E-state index in [1.807, 2.05) is 0 Å². The van der Waals surface area contributed by atoms with Crippen LogP contribution in [0.25, 0.3) is 0 Å². The fourth-order valence-electron chi connectivity index (χ4n) is 3.26. The zero-order valence-corrected chi connectivity index (χ0v) is 16.1. The molecule has 0 unspecified atom stereocenters. The summed E-state index contributed by atoms with van der Waals surface area (Å²) in [5.74, 6) is -0.442. The lowest BCUT2D eigenvalue weighted by molar-refractivity contribution is 0.0512. The van der Waals surface area contributed by atoms with Gasteiger partial charge in [0.1, 0.15) is 4.88 Å². The molecule has 27 heavy (non-hydrogen) atoms. The van der Waals surface area contributed by atoms with Crippen LogP contribution in [-0.2, 0) is 4.74 Å². The monoisotopic (exact) mass is 388 g/mol. The summed E-state index contributed by atoms with van der Waals surface area (Å²) in [7, 11) is 1.69. The highest BCUT2D eigenvalue weighted by molar-refractivity contribution is 7.12. The summed E-state index contributed by atoms with van der Waals surface area (Å²) in [6.07, 6.45) is 5.03. The molecule has 3 rings (SSSR count). The summed E-state index contributed by atoms with van der Waals surface area (Å²) in [5, 5.41) is 11.0. The number of hydrogen-bond donors (Lipinski definition) is 3. The van der Waals surface area contributed by atoms with Crippen LogP contribution in [-0.4, -0.2) is 50.1 Å². The molecule has 0 spiro atoms. The Labute approximate surface area is 162 Å². The van der Waals surface area contributed by atoms with Gasteiger partial charge < -0.3 is 20.7 Å². The third-order valence-electron chi connectivity index (χ3n) is 4.80. The standard InChI is InChI=1S/C19H24N4O3S/c1-26-13-19(5-9-21-10-6-19)12-22-18(25)16-15(4-11-27-16)23-17(24)14-2-7-20-8-3-14/h2-4,7-8,11,21H,5-6,9-10,12-13H2,1H3,(H,22,25)(H,23,24). The number of carbonyl (C=O) groups is 2. The molecule has 0 aliphatic carbocycles. The Morgan fingerprint density at radius 1 is 1.22 bits per heavy atom. The number of nitrogens with zero attached hydrogens (tertiary/aromatic N) is 1. The van der Waals surface area contributed by atoms with Crippen molar-refractivity contribution in [1.82, 2.24) is 15.6 Å². The first-order valence-electron chi connectivity index (χ1n) is 8.90. The van der Waals surface area contributed by atoms with Crippen molar-refractivity contribution in [3.8, 4) is 0 Å². The summed E-state index contributed by atoms with van der Waals surface area (Å²) in [6.45, 7) is 3.01. The highest BCUT2D eigenvalue weighted by Crippen LogP contribution is 2.29. The van der Waals surface area contributed by atoms with E-state index in [9.17, 15) is 9.59 Å². The fraction of sp³-hybridized carbons (Fsp3) is 0.421. The number of methoxy groups -OCH3 is 1. The average molecular weight is 388 g/mol. The first kappa shape index (κ1) is 19.5. The predicted octanol–water partition coefficient (Wildman–Crippen LogP) is 2.14. The Morgan fingerprint density at radius 3 is 2.67 bits per heavy atom. The van der Waals surface area contributed by atoms with E-state index >= 15 is 0 Å². The van der Waals surface area contributed by atoms with Crippen molar-refractivity contribution in [2.24, 2.45) is 5.41 Å². The van der Waals surface area contributed by atoms with Crippen LogP contribution in [0.2, 0.25) is 0 Å². The molecule has 1 aliphatic rings. The SMILES string of the molecule is COCC1(CNC(=O)c2sccc2NC(=O)c2ccncc2)CCNCC1.